The van der Waals surface area contributed by atoms with Gasteiger partial charge in [0, 0.05) is 18.3 Å². The van der Waals surface area contributed by atoms with Gasteiger partial charge in [-0.2, -0.15) is 0 Å². The minimum absolute atomic E-state index is 0.0305. The van der Waals surface area contributed by atoms with Crippen molar-refractivity contribution < 1.29 is 9.59 Å². The molecule has 1 aromatic carbocycles. The van der Waals surface area contributed by atoms with Crippen LogP contribution in [0.2, 0.25) is 0 Å². The second-order valence-electron chi connectivity index (χ2n) is 5.26. The van der Waals surface area contributed by atoms with E-state index in [9.17, 15) is 9.59 Å². The van der Waals surface area contributed by atoms with Gasteiger partial charge in [-0.25, -0.2) is 4.98 Å². The Morgan fingerprint density at radius 1 is 1.13 bits per heavy atom. The number of anilines is 1. The fraction of sp³-hybridized carbons (Fsp3) is 0.294. The normalized spacial score (nSPS) is 11.6. The molecule has 2 N–H and O–H groups in total. The molecule has 0 aliphatic heterocycles. The highest BCUT2D eigenvalue weighted by Crippen LogP contribution is 2.16. The Bertz CT molecular complexity index is 681. The molecular formula is C17H20N4O2. The molecule has 0 fully saturated rings. The Kier molecular flexibility index (Phi) is 5.41. The quantitative estimate of drug-likeness (QED) is 0.889. The van der Waals surface area contributed by atoms with Crippen molar-refractivity contribution in [1.82, 2.24) is 15.3 Å². The maximum absolute atomic E-state index is 12.1. The van der Waals surface area contributed by atoms with Crippen molar-refractivity contribution in [3.8, 4) is 0 Å². The van der Waals surface area contributed by atoms with Gasteiger partial charge < -0.3 is 10.6 Å². The van der Waals surface area contributed by atoms with E-state index in [2.05, 4.69) is 20.6 Å². The number of rotatable bonds is 5. The van der Waals surface area contributed by atoms with E-state index in [4.69, 9.17) is 0 Å². The number of amides is 2. The highest BCUT2D eigenvalue weighted by Gasteiger charge is 2.13. The average molecular weight is 312 g/mol. The van der Waals surface area contributed by atoms with E-state index in [1.165, 1.54) is 6.20 Å². The van der Waals surface area contributed by atoms with Gasteiger partial charge in [0.05, 0.1) is 17.9 Å². The second kappa shape index (κ2) is 7.49. The Hall–Kier alpha value is -2.76. The summed E-state index contributed by atoms with van der Waals surface area (Å²) in [6.45, 7) is 5.50. The molecule has 120 valence electrons. The van der Waals surface area contributed by atoms with Crippen LogP contribution in [0.5, 0.6) is 0 Å². The fourth-order valence-electron chi connectivity index (χ4n) is 1.97. The predicted octanol–water partition coefficient (Wildman–Crippen LogP) is 2.62. The Labute approximate surface area is 135 Å². The first kappa shape index (κ1) is 16.6. The van der Waals surface area contributed by atoms with Crippen LogP contribution >= 0.6 is 0 Å². The van der Waals surface area contributed by atoms with Crippen molar-refractivity contribution in [2.24, 2.45) is 0 Å². The zero-order chi connectivity index (χ0) is 16.8. The number of hydrogen-bond donors (Lipinski definition) is 2. The summed E-state index contributed by atoms with van der Waals surface area (Å²) in [5.41, 5.74) is 2.73. The first-order valence-electron chi connectivity index (χ1n) is 7.49. The van der Waals surface area contributed by atoms with Crippen LogP contribution in [0.4, 0.5) is 5.69 Å². The van der Waals surface area contributed by atoms with Gasteiger partial charge in [-0.3, -0.25) is 14.6 Å². The van der Waals surface area contributed by atoms with Crippen molar-refractivity contribution in [1.29, 1.82) is 0 Å². The number of carbonyl (C=O) groups excluding carboxylic acids is 2. The summed E-state index contributed by atoms with van der Waals surface area (Å²) in [6, 6.07) is 7.20. The zero-order valence-corrected chi connectivity index (χ0v) is 13.5. The van der Waals surface area contributed by atoms with E-state index in [1.54, 1.807) is 13.1 Å². The largest absolute Gasteiger partial charge is 0.344 e. The molecule has 1 heterocycles. The summed E-state index contributed by atoms with van der Waals surface area (Å²) in [7, 11) is 0. The van der Waals surface area contributed by atoms with Crippen molar-refractivity contribution >= 4 is 17.5 Å². The van der Waals surface area contributed by atoms with Gasteiger partial charge in [0.15, 0.2) is 0 Å². The van der Waals surface area contributed by atoms with Crippen LogP contribution in [0.25, 0.3) is 0 Å². The van der Waals surface area contributed by atoms with Gasteiger partial charge in [-0.1, -0.05) is 19.1 Å². The number of nitrogens with zero attached hydrogens (tertiary/aromatic N) is 2. The van der Waals surface area contributed by atoms with Crippen LogP contribution in [0, 0.1) is 6.92 Å². The van der Waals surface area contributed by atoms with Crippen LogP contribution in [-0.4, -0.2) is 21.8 Å². The fourth-order valence-corrected chi connectivity index (χ4v) is 1.97. The maximum Gasteiger partial charge on any atom is 0.271 e. The van der Waals surface area contributed by atoms with Crippen LogP contribution in [-0.2, 0) is 4.79 Å². The van der Waals surface area contributed by atoms with E-state index < -0.39 is 0 Å². The van der Waals surface area contributed by atoms with E-state index in [1.807, 2.05) is 38.1 Å². The Balaban J connectivity index is 1.99. The van der Waals surface area contributed by atoms with E-state index in [0.717, 1.165) is 16.9 Å². The van der Waals surface area contributed by atoms with Gasteiger partial charge in [-0.15, -0.1) is 0 Å². The summed E-state index contributed by atoms with van der Waals surface area (Å²) < 4.78 is 0. The molecule has 0 saturated carbocycles. The first-order chi connectivity index (χ1) is 11.0. The van der Waals surface area contributed by atoms with Crippen molar-refractivity contribution in [2.75, 3.05) is 5.32 Å². The lowest BCUT2D eigenvalue weighted by Crippen LogP contribution is -2.27. The Morgan fingerprint density at radius 3 is 2.39 bits per heavy atom. The molecule has 23 heavy (non-hydrogen) atoms. The molecule has 0 aliphatic carbocycles. The van der Waals surface area contributed by atoms with Crippen molar-refractivity contribution in [2.45, 2.75) is 33.2 Å². The molecule has 2 amide bonds. The number of aromatic nitrogens is 2. The van der Waals surface area contributed by atoms with Crippen LogP contribution < -0.4 is 10.6 Å². The third-order valence-electron chi connectivity index (χ3n) is 3.38. The van der Waals surface area contributed by atoms with E-state index >= 15 is 0 Å². The first-order valence-corrected chi connectivity index (χ1v) is 7.49. The van der Waals surface area contributed by atoms with Gasteiger partial charge >= 0.3 is 0 Å². The number of aryl methyl sites for hydroxylation is 1. The van der Waals surface area contributed by atoms with Gasteiger partial charge in [0.1, 0.15) is 5.69 Å². The molecule has 1 aromatic heterocycles. The molecular weight excluding hydrogens is 292 g/mol. The number of benzene rings is 1. The number of nitrogens with one attached hydrogen (secondary N) is 2. The molecule has 0 bridgehead atoms. The smallest absolute Gasteiger partial charge is 0.271 e. The topological polar surface area (TPSA) is 84.0 Å². The number of carbonyl (C=O) groups is 2. The Morgan fingerprint density at radius 2 is 1.83 bits per heavy atom. The molecule has 0 spiro atoms. The SMILES string of the molecule is CCC(=O)Nc1ccc(C(C)NC(=O)c2cnc(C)cn2)cc1. The monoisotopic (exact) mass is 312 g/mol. The number of hydrogen-bond acceptors (Lipinski definition) is 4. The average Bonchev–Trinajstić information content (AvgIpc) is 2.55. The predicted molar refractivity (Wildman–Crippen MR) is 88.0 cm³/mol. The van der Waals surface area contributed by atoms with E-state index in [-0.39, 0.29) is 23.6 Å². The highest BCUT2D eigenvalue weighted by molar-refractivity contribution is 5.92. The van der Waals surface area contributed by atoms with Gasteiger partial charge in [0.25, 0.3) is 5.91 Å². The third kappa shape index (κ3) is 4.60. The summed E-state index contributed by atoms with van der Waals surface area (Å²) in [5, 5.41) is 5.66. The van der Waals surface area contributed by atoms with Crippen molar-refractivity contribution in [3.63, 3.8) is 0 Å². The molecule has 0 aliphatic rings. The highest BCUT2D eigenvalue weighted by atomic mass is 16.2. The molecule has 0 saturated heterocycles. The maximum atomic E-state index is 12.1. The van der Waals surface area contributed by atoms with Crippen LogP contribution in [0.15, 0.2) is 36.7 Å². The summed E-state index contributed by atoms with van der Waals surface area (Å²) >= 11 is 0. The summed E-state index contributed by atoms with van der Waals surface area (Å²) in [5.74, 6) is -0.301. The summed E-state index contributed by atoms with van der Waals surface area (Å²) in [4.78, 5) is 31.6. The second-order valence-corrected chi connectivity index (χ2v) is 5.26. The summed E-state index contributed by atoms with van der Waals surface area (Å²) in [6.07, 6.45) is 3.46. The minimum Gasteiger partial charge on any atom is -0.344 e. The van der Waals surface area contributed by atoms with E-state index in [0.29, 0.717) is 6.42 Å². The standard InChI is InChI=1S/C17H20N4O2/c1-4-16(22)21-14-7-5-13(6-8-14)12(3)20-17(23)15-10-18-11(2)9-19-15/h5-10,12H,4H2,1-3H3,(H,20,23)(H,21,22). The molecule has 0 radical (unpaired) electrons. The van der Waals surface area contributed by atoms with Gasteiger partial charge in [-0.05, 0) is 31.5 Å². The van der Waals surface area contributed by atoms with Crippen molar-refractivity contribution in [3.05, 3.63) is 53.6 Å². The lowest BCUT2D eigenvalue weighted by Gasteiger charge is -2.14. The molecule has 1 unspecified atom stereocenters. The lowest BCUT2D eigenvalue weighted by atomic mass is 10.1. The molecule has 2 rings (SSSR count). The molecule has 6 nitrogen and oxygen atoms in total. The van der Waals surface area contributed by atoms with Crippen LogP contribution in [0.3, 0.4) is 0 Å². The van der Waals surface area contributed by atoms with Crippen LogP contribution in [0.1, 0.15) is 48.1 Å². The lowest BCUT2D eigenvalue weighted by molar-refractivity contribution is -0.115. The molecule has 6 heteroatoms. The third-order valence-corrected chi connectivity index (χ3v) is 3.38. The molecule has 2 aromatic rings. The van der Waals surface area contributed by atoms with Gasteiger partial charge in [0.2, 0.25) is 5.91 Å². The zero-order valence-electron chi connectivity index (χ0n) is 13.5. The molecule has 1 atom stereocenters. The minimum atomic E-state index is -0.270.